The van der Waals surface area contributed by atoms with Crippen molar-refractivity contribution in [3.8, 4) is 0 Å². The van der Waals surface area contributed by atoms with Gasteiger partial charge in [-0.15, -0.1) is 0 Å². The van der Waals surface area contributed by atoms with Gasteiger partial charge in [-0.2, -0.15) is 16.9 Å². The molecular weight excluding hydrogens is 332 g/mol. The number of aromatic nitrogens is 2. The lowest BCUT2D eigenvalue weighted by atomic mass is 10.2. The van der Waals surface area contributed by atoms with Gasteiger partial charge in [0, 0.05) is 6.20 Å². The lowest BCUT2D eigenvalue weighted by Crippen LogP contribution is -2.34. The number of imide groups is 1. The molecule has 0 spiro atoms. The van der Waals surface area contributed by atoms with E-state index in [1.807, 2.05) is 12.5 Å². The Kier molecular flexibility index (Phi) is 4.87. The Labute approximate surface area is 124 Å². The number of hydrogen-bond donors (Lipinski definition) is 1. The van der Waals surface area contributed by atoms with Gasteiger partial charge in [0.2, 0.25) is 0 Å². The van der Waals surface area contributed by atoms with Gasteiger partial charge in [-0.3, -0.25) is 14.4 Å². The second kappa shape index (κ2) is 6.42. The molecule has 1 N–H and O–H groups in total. The summed E-state index contributed by atoms with van der Waals surface area (Å²) < 4.78 is 2.57. The molecule has 1 atom stereocenters. The Morgan fingerprint density at radius 2 is 2.26 bits per heavy atom. The van der Waals surface area contributed by atoms with Crippen molar-refractivity contribution in [3.05, 3.63) is 16.9 Å². The van der Waals surface area contributed by atoms with Crippen LogP contribution in [0.3, 0.4) is 0 Å². The van der Waals surface area contributed by atoms with Crippen molar-refractivity contribution in [1.82, 2.24) is 20.0 Å². The van der Waals surface area contributed by atoms with E-state index in [-0.39, 0.29) is 18.0 Å². The number of thioether (sulfide) groups is 1. The highest BCUT2D eigenvalue weighted by Crippen LogP contribution is 2.12. The predicted octanol–water partition coefficient (Wildman–Crippen LogP) is 1.32. The minimum Gasteiger partial charge on any atom is -0.326 e. The van der Waals surface area contributed by atoms with Crippen molar-refractivity contribution in [2.75, 3.05) is 18.6 Å². The number of urea groups is 1. The summed E-state index contributed by atoms with van der Waals surface area (Å²) in [5.74, 6) is 0.724. The van der Waals surface area contributed by atoms with Crippen LogP contribution in [0.5, 0.6) is 0 Å². The Bertz CT molecular complexity index is 479. The third-order valence-electron chi connectivity index (χ3n) is 2.87. The molecule has 1 aliphatic heterocycles. The van der Waals surface area contributed by atoms with Crippen LogP contribution in [-0.4, -0.2) is 51.2 Å². The number of amides is 3. The first-order valence-corrected chi connectivity index (χ1v) is 8.09. The number of nitrogens with zero attached hydrogens (tertiary/aromatic N) is 3. The summed E-state index contributed by atoms with van der Waals surface area (Å²) in [6.07, 6.45) is 6.14. The molecule has 1 unspecified atom stereocenters. The number of carbonyl (C=O) groups excluding carboxylic acids is 2. The molecule has 0 radical (unpaired) electrons. The van der Waals surface area contributed by atoms with Crippen LogP contribution in [0.1, 0.15) is 6.42 Å². The van der Waals surface area contributed by atoms with Gasteiger partial charge in [0.25, 0.3) is 5.91 Å². The monoisotopic (exact) mass is 346 g/mol. The number of hydrogen-bond acceptors (Lipinski definition) is 4. The van der Waals surface area contributed by atoms with Crippen molar-refractivity contribution >= 4 is 39.6 Å². The number of halogens is 1. The van der Waals surface area contributed by atoms with E-state index in [4.69, 9.17) is 0 Å². The molecule has 0 aromatic carbocycles. The van der Waals surface area contributed by atoms with Gasteiger partial charge in [0.1, 0.15) is 6.04 Å². The first-order valence-electron chi connectivity index (χ1n) is 5.90. The smallest absolute Gasteiger partial charge is 0.324 e. The van der Waals surface area contributed by atoms with Gasteiger partial charge in [-0.25, -0.2) is 4.79 Å². The standard InChI is InChI=1S/C11H15BrN4O2S/c1-19-5-2-9-10(17)16(11(18)14-9)4-3-15-7-8(12)6-13-15/h6-7,9H,2-5H2,1H3,(H,14,18). The van der Waals surface area contributed by atoms with Gasteiger partial charge >= 0.3 is 6.03 Å². The van der Waals surface area contributed by atoms with Crippen LogP contribution in [0.25, 0.3) is 0 Å². The van der Waals surface area contributed by atoms with Crippen molar-refractivity contribution in [3.63, 3.8) is 0 Å². The summed E-state index contributed by atoms with van der Waals surface area (Å²) in [4.78, 5) is 25.0. The Morgan fingerprint density at radius 3 is 2.89 bits per heavy atom. The van der Waals surface area contributed by atoms with E-state index >= 15 is 0 Å². The Balaban J connectivity index is 1.89. The molecule has 2 heterocycles. The number of rotatable bonds is 6. The maximum atomic E-state index is 12.0. The summed E-state index contributed by atoms with van der Waals surface area (Å²) in [7, 11) is 0. The molecule has 0 saturated carbocycles. The first kappa shape index (κ1) is 14.4. The largest absolute Gasteiger partial charge is 0.326 e. The van der Waals surface area contributed by atoms with E-state index in [1.165, 1.54) is 4.90 Å². The second-order valence-electron chi connectivity index (χ2n) is 4.20. The number of carbonyl (C=O) groups is 2. The summed E-state index contributed by atoms with van der Waals surface area (Å²) >= 11 is 4.97. The van der Waals surface area contributed by atoms with Gasteiger partial charge in [0.05, 0.1) is 23.8 Å². The Morgan fingerprint density at radius 1 is 1.47 bits per heavy atom. The molecule has 1 aromatic rings. The lowest BCUT2D eigenvalue weighted by molar-refractivity contribution is -0.127. The van der Waals surface area contributed by atoms with Crippen molar-refractivity contribution in [1.29, 1.82) is 0 Å². The third-order valence-corrected chi connectivity index (χ3v) is 3.93. The molecule has 8 heteroatoms. The minimum atomic E-state index is -0.371. The molecule has 1 fully saturated rings. The number of nitrogens with one attached hydrogen (secondary N) is 1. The van der Waals surface area contributed by atoms with E-state index in [0.717, 1.165) is 10.2 Å². The molecule has 0 aliphatic carbocycles. The molecule has 19 heavy (non-hydrogen) atoms. The van der Waals surface area contributed by atoms with Crippen LogP contribution in [-0.2, 0) is 11.3 Å². The first-order chi connectivity index (χ1) is 9.11. The molecular formula is C11H15BrN4O2S. The van der Waals surface area contributed by atoms with Crippen molar-refractivity contribution in [2.45, 2.75) is 19.0 Å². The van der Waals surface area contributed by atoms with E-state index in [2.05, 4.69) is 26.3 Å². The average Bonchev–Trinajstić information content (AvgIpc) is 2.90. The summed E-state index contributed by atoms with van der Waals surface area (Å²) in [5.41, 5.74) is 0. The maximum Gasteiger partial charge on any atom is 0.324 e. The maximum absolute atomic E-state index is 12.0. The molecule has 0 bridgehead atoms. The van der Waals surface area contributed by atoms with Crippen LogP contribution >= 0.6 is 27.7 Å². The topological polar surface area (TPSA) is 67.2 Å². The molecule has 6 nitrogen and oxygen atoms in total. The zero-order valence-corrected chi connectivity index (χ0v) is 12.9. The predicted molar refractivity (Wildman–Crippen MR) is 77.0 cm³/mol. The Hall–Kier alpha value is -1.02. The second-order valence-corrected chi connectivity index (χ2v) is 6.10. The van der Waals surface area contributed by atoms with Crippen LogP contribution in [0.2, 0.25) is 0 Å². The quantitative estimate of drug-likeness (QED) is 0.789. The van der Waals surface area contributed by atoms with Crippen LogP contribution in [0, 0.1) is 0 Å². The fourth-order valence-electron chi connectivity index (χ4n) is 1.88. The SMILES string of the molecule is CSCCC1NC(=O)N(CCn2cc(Br)cn2)C1=O. The van der Waals surface area contributed by atoms with E-state index < -0.39 is 0 Å². The molecule has 3 amide bonds. The molecule has 1 saturated heterocycles. The van der Waals surface area contributed by atoms with E-state index in [9.17, 15) is 9.59 Å². The molecule has 1 aliphatic rings. The molecule has 104 valence electrons. The summed E-state index contributed by atoms with van der Waals surface area (Å²) in [6, 6.07) is -0.674. The summed E-state index contributed by atoms with van der Waals surface area (Å²) in [5, 5.41) is 6.81. The van der Waals surface area contributed by atoms with Gasteiger partial charge in [-0.05, 0) is 34.4 Å². The lowest BCUT2D eigenvalue weighted by Gasteiger charge is -2.12. The third kappa shape index (κ3) is 3.50. The van der Waals surface area contributed by atoms with Gasteiger partial charge in [-0.1, -0.05) is 0 Å². The van der Waals surface area contributed by atoms with Crippen molar-refractivity contribution in [2.24, 2.45) is 0 Å². The van der Waals surface area contributed by atoms with Gasteiger partial charge in [0.15, 0.2) is 0 Å². The molecule has 1 aromatic heterocycles. The molecule has 2 rings (SSSR count). The van der Waals surface area contributed by atoms with Gasteiger partial charge < -0.3 is 5.32 Å². The van der Waals surface area contributed by atoms with E-state index in [1.54, 1.807) is 22.6 Å². The van der Waals surface area contributed by atoms with Crippen LogP contribution in [0.15, 0.2) is 16.9 Å². The highest BCUT2D eigenvalue weighted by atomic mass is 79.9. The fraction of sp³-hybridized carbons (Fsp3) is 0.545. The average molecular weight is 347 g/mol. The summed E-state index contributed by atoms with van der Waals surface area (Å²) in [6.45, 7) is 0.842. The van der Waals surface area contributed by atoms with E-state index in [0.29, 0.717) is 19.5 Å². The fourth-order valence-corrected chi connectivity index (χ4v) is 2.68. The highest BCUT2D eigenvalue weighted by Gasteiger charge is 2.36. The zero-order chi connectivity index (χ0) is 13.8. The highest BCUT2D eigenvalue weighted by molar-refractivity contribution is 9.10. The minimum absolute atomic E-state index is 0.134. The zero-order valence-electron chi connectivity index (χ0n) is 10.5. The van der Waals surface area contributed by atoms with Crippen LogP contribution < -0.4 is 5.32 Å². The van der Waals surface area contributed by atoms with Crippen LogP contribution in [0.4, 0.5) is 4.79 Å². The normalized spacial score (nSPS) is 19.1. The van der Waals surface area contributed by atoms with Crippen molar-refractivity contribution < 1.29 is 9.59 Å².